The van der Waals surface area contributed by atoms with E-state index in [0.29, 0.717) is 5.56 Å². The molecule has 0 aromatic heterocycles. The molecule has 0 amide bonds. The molecule has 0 bridgehead atoms. The van der Waals surface area contributed by atoms with Crippen LogP contribution in [0.5, 0.6) is 0 Å². The van der Waals surface area contributed by atoms with Crippen molar-refractivity contribution < 1.29 is 5.11 Å². The van der Waals surface area contributed by atoms with Crippen LogP contribution in [0, 0.1) is 18.3 Å². The number of hydrogen-bond donors (Lipinski definition) is 2. The highest BCUT2D eigenvalue weighted by Crippen LogP contribution is 2.18. The second-order valence-corrected chi connectivity index (χ2v) is 3.82. The Morgan fingerprint density at radius 3 is 2.60 bits per heavy atom. The molecule has 15 heavy (non-hydrogen) atoms. The van der Waals surface area contributed by atoms with Gasteiger partial charge in [-0.1, -0.05) is 6.07 Å². The van der Waals surface area contributed by atoms with Crippen molar-refractivity contribution in [3.63, 3.8) is 0 Å². The Kier molecular flexibility index (Phi) is 3.70. The monoisotopic (exact) mass is 204 g/mol. The lowest BCUT2D eigenvalue weighted by Crippen LogP contribution is -2.28. The van der Waals surface area contributed by atoms with E-state index in [1.54, 1.807) is 19.1 Å². The molecule has 2 unspecified atom stereocenters. The predicted octanol–water partition coefficient (Wildman–Crippen LogP) is 2.05. The number of aliphatic hydroxyl groups excluding tert-OH is 1. The molecule has 0 fully saturated rings. The first-order chi connectivity index (χ1) is 7.04. The van der Waals surface area contributed by atoms with Crippen LogP contribution in [0.15, 0.2) is 18.2 Å². The number of aliphatic hydroxyl groups is 1. The van der Waals surface area contributed by atoms with Gasteiger partial charge < -0.3 is 10.4 Å². The van der Waals surface area contributed by atoms with Crippen molar-refractivity contribution in [2.24, 2.45) is 0 Å². The number of nitrogens with one attached hydrogen (secondary N) is 1. The second-order valence-electron chi connectivity index (χ2n) is 3.82. The molecule has 0 aliphatic rings. The minimum Gasteiger partial charge on any atom is -0.391 e. The molecule has 1 rings (SSSR count). The van der Waals surface area contributed by atoms with Crippen LogP contribution in [0.4, 0.5) is 5.69 Å². The molecule has 0 saturated heterocycles. The van der Waals surface area contributed by atoms with E-state index in [4.69, 9.17) is 5.26 Å². The van der Waals surface area contributed by atoms with Gasteiger partial charge in [-0.15, -0.1) is 0 Å². The number of nitriles is 1. The fraction of sp³-hybridized carbons (Fsp3) is 0.417. The lowest BCUT2D eigenvalue weighted by molar-refractivity contribution is 0.178. The summed E-state index contributed by atoms with van der Waals surface area (Å²) in [5.41, 5.74) is 2.60. The van der Waals surface area contributed by atoms with Gasteiger partial charge in [-0.3, -0.25) is 0 Å². The van der Waals surface area contributed by atoms with Gasteiger partial charge in [-0.2, -0.15) is 5.26 Å². The number of nitrogens with zero attached hydrogens (tertiary/aromatic N) is 1. The number of hydrogen-bond acceptors (Lipinski definition) is 3. The molecule has 0 aliphatic heterocycles. The molecule has 3 nitrogen and oxygen atoms in total. The van der Waals surface area contributed by atoms with Gasteiger partial charge in [0.05, 0.1) is 17.7 Å². The van der Waals surface area contributed by atoms with Crippen molar-refractivity contribution in [2.45, 2.75) is 32.9 Å². The van der Waals surface area contributed by atoms with Crippen LogP contribution in [-0.2, 0) is 0 Å². The summed E-state index contributed by atoms with van der Waals surface area (Å²) < 4.78 is 0. The highest BCUT2D eigenvalue weighted by atomic mass is 16.3. The molecule has 0 spiro atoms. The van der Waals surface area contributed by atoms with Gasteiger partial charge in [-0.05, 0) is 38.5 Å². The standard InChI is InChI=1S/C12H16N2O/c1-8-4-5-11(7-13)6-12(8)14-9(2)10(3)15/h4-6,9-10,14-15H,1-3H3. The first-order valence-corrected chi connectivity index (χ1v) is 5.00. The van der Waals surface area contributed by atoms with E-state index in [1.807, 2.05) is 19.9 Å². The van der Waals surface area contributed by atoms with Crippen LogP contribution in [0.25, 0.3) is 0 Å². The fourth-order valence-electron chi connectivity index (χ4n) is 1.21. The summed E-state index contributed by atoms with van der Waals surface area (Å²) in [6.45, 7) is 5.61. The smallest absolute Gasteiger partial charge is 0.0992 e. The molecule has 80 valence electrons. The average molecular weight is 204 g/mol. The molecular weight excluding hydrogens is 188 g/mol. The number of benzene rings is 1. The van der Waals surface area contributed by atoms with E-state index in [9.17, 15) is 5.11 Å². The van der Waals surface area contributed by atoms with E-state index >= 15 is 0 Å². The molecule has 0 saturated carbocycles. The van der Waals surface area contributed by atoms with Crippen molar-refractivity contribution in [3.8, 4) is 6.07 Å². The average Bonchev–Trinajstić information content (AvgIpc) is 2.21. The van der Waals surface area contributed by atoms with Crippen LogP contribution < -0.4 is 5.32 Å². The Balaban J connectivity index is 2.89. The minimum absolute atomic E-state index is 0.0300. The van der Waals surface area contributed by atoms with Gasteiger partial charge in [0.25, 0.3) is 0 Å². The van der Waals surface area contributed by atoms with Crippen molar-refractivity contribution in [3.05, 3.63) is 29.3 Å². The Morgan fingerprint density at radius 2 is 2.07 bits per heavy atom. The van der Waals surface area contributed by atoms with Crippen LogP contribution in [-0.4, -0.2) is 17.3 Å². The van der Waals surface area contributed by atoms with Gasteiger partial charge in [0, 0.05) is 11.7 Å². The second kappa shape index (κ2) is 4.81. The highest BCUT2D eigenvalue weighted by molar-refractivity contribution is 5.55. The SMILES string of the molecule is Cc1ccc(C#N)cc1NC(C)C(C)O. The summed E-state index contributed by atoms with van der Waals surface area (Å²) in [5.74, 6) is 0. The zero-order valence-electron chi connectivity index (χ0n) is 9.28. The third-order valence-electron chi connectivity index (χ3n) is 2.47. The number of rotatable bonds is 3. The van der Waals surface area contributed by atoms with Crippen LogP contribution >= 0.6 is 0 Å². The van der Waals surface area contributed by atoms with Crippen molar-refractivity contribution in [1.29, 1.82) is 5.26 Å². The lowest BCUT2D eigenvalue weighted by atomic mass is 10.1. The van der Waals surface area contributed by atoms with Crippen LogP contribution in [0.2, 0.25) is 0 Å². The molecule has 1 aromatic rings. The molecule has 2 atom stereocenters. The van der Waals surface area contributed by atoms with Crippen LogP contribution in [0.3, 0.4) is 0 Å². The minimum atomic E-state index is -0.421. The Hall–Kier alpha value is -1.53. The maximum atomic E-state index is 9.37. The molecule has 0 radical (unpaired) electrons. The first kappa shape index (κ1) is 11.5. The maximum absolute atomic E-state index is 9.37. The molecular formula is C12H16N2O. The third kappa shape index (κ3) is 2.97. The maximum Gasteiger partial charge on any atom is 0.0992 e. The third-order valence-corrected chi connectivity index (χ3v) is 2.47. The Labute approximate surface area is 90.4 Å². The topological polar surface area (TPSA) is 56.0 Å². The first-order valence-electron chi connectivity index (χ1n) is 5.00. The van der Waals surface area contributed by atoms with Gasteiger partial charge in [0.2, 0.25) is 0 Å². The lowest BCUT2D eigenvalue weighted by Gasteiger charge is -2.19. The van der Waals surface area contributed by atoms with E-state index < -0.39 is 6.10 Å². The molecule has 0 aliphatic carbocycles. The molecule has 1 aromatic carbocycles. The largest absolute Gasteiger partial charge is 0.391 e. The van der Waals surface area contributed by atoms with Crippen molar-refractivity contribution in [1.82, 2.24) is 0 Å². The quantitative estimate of drug-likeness (QED) is 0.792. The summed E-state index contributed by atoms with van der Waals surface area (Å²) in [5, 5.41) is 21.3. The normalized spacial score (nSPS) is 14.1. The summed E-state index contributed by atoms with van der Waals surface area (Å²) in [6, 6.07) is 7.55. The van der Waals surface area contributed by atoms with Crippen molar-refractivity contribution >= 4 is 5.69 Å². The summed E-state index contributed by atoms with van der Waals surface area (Å²) in [6.07, 6.45) is -0.421. The van der Waals surface area contributed by atoms with Gasteiger partial charge in [0.1, 0.15) is 0 Å². The molecule has 2 N–H and O–H groups in total. The van der Waals surface area contributed by atoms with E-state index in [2.05, 4.69) is 11.4 Å². The van der Waals surface area contributed by atoms with Gasteiger partial charge >= 0.3 is 0 Å². The van der Waals surface area contributed by atoms with E-state index in [0.717, 1.165) is 11.3 Å². The highest BCUT2D eigenvalue weighted by Gasteiger charge is 2.09. The zero-order chi connectivity index (χ0) is 11.4. The Bertz CT molecular complexity index is 380. The van der Waals surface area contributed by atoms with Gasteiger partial charge in [-0.25, -0.2) is 0 Å². The fourth-order valence-corrected chi connectivity index (χ4v) is 1.21. The zero-order valence-corrected chi connectivity index (χ0v) is 9.28. The summed E-state index contributed by atoms with van der Waals surface area (Å²) >= 11 is 0. The van der Waals surface area contributed by atoms with Gasteiger partial charge in [0.15, 0.2) is 0 Å². The number of anilines is 1. The molecule has 3 heteroatoms. The summed E-state index contributed by atoms with van der Waals surface area (Å²) in [4.78, 5) is 0. The Morgan fingerprint density at radius 1 is 1.40 bits per heavy atom. The van der Waals surface area contributed by atoms with E-state index in [1.165, 1.54) is 0 Å². The molecule has 0 heterocycles. The van der Waals surface area contributed by atoms with E-state index in [-0.39, 0.29) is 6.04 Å². The summed E-state index contributed by atoms with van der Waals surface area (Å²) in [7, 11) is 0. The van der Waals surface area contributed by atoms with Crippen LogP contribution in [0.1, 0.15) is 25.0 Å². The van der Waals surface area contributed by atoms with Crippen molar-refractivity contribution in [2.75, 3.05) is 5.32 Å². The predicted molar refractivity (Wildman–Crippen MR) is 60.7 cm³/mol. The number of aryl methyl sites for hydroxylation is 1.